The molecular weight excluding hydrogens is 242 g/mol. The highest BCUT2D eigenvalue weighted by atomic mass is 16.5. The summed E-state index contributed by atoms with van der Waals surface area (Å²) in [5, 5.41) is 12.5. The second kappa shape index (κ2) is 8.54. The van der Waals surface area contributed by atoms with E-state index in [-0.39, 0.29) is 24.0 Å². The van der Waals surface area contributed by atoms with E-state index in [1.807, 2.05) is 20.8 Å². The van der Waals surface area contributed by atoms with Crippen LogP contribution >= 0.6 is 0 Å². The smallest absolute Gasteiger partial charge is 0.249 e. The van der Waals surface area contributed by atoms with Crippen molar-refractivity contribution in [3.63, 3.8) is 0 Å². The van der Waals surface area contributed by atoms with Crippen LogP contribution in [0.4, 0.5) is 0 Å². The Bertz CT molecular complexity index is 262. The van der Waals surface area contributed by atoms with Gasteiger partial charge < -0.3 is 15.2 Å². The summed E-state index contributed by atoms with van der Waals surface area (Å²) in [5.74, 6) is 0.0624. The molecule has 4 heteroatoms. The largest absolute Gasteiger partial charge is 0.391 e. The molecule has 1 aliphatic rings. The second-order valence-electron chi connectivity index (χ2n) is 5.85. The molecule has 2 atom stereocenters. The minimum absolute atomic E-state index is 0.0900. The van der Waals surface area contributed by atoms with Crippen molar-refractivity contribution < 1.29 is 14.6 Å². The fraction of sp³-hybridized carbons (Fsp3) is 0.933. The molecule has 1 fully saturated rings. The predicted molar refractivity (Wildman–Crippen MR) is 75.9 cm³/mol. The first-order chi connectivity index (χ1) is 9.04. The molecule has 0 spiro atoms. The number of aliphatic hydroxyl groups excluding tert-OH is 1. The zero-order valence-corrected chi connectivity index (χ0v) is 12.5. The Morgan fingerprint density at radius 1 is 1.32 bits per heavy atom. The quantitative estimate of drug-likeness (QED) is 0.746. The molecule has 1 amide bonds. The van der Waals surface area contributed by atoms with Crippen molar-refractivity contribution in [2.24, 2.45) is 5.92 Å². The van der Waals surface area contributed by atoms with Crippen molar-refractivity contribution in [1.29, 1.82) is 0 Å². The summed E-state index contributed by atoms with van der Waals surface area (Å²) >= 11 is 0. The third kappa shape index (κ3) is 5.91. The maximum absolute atomic E-state index is 12.0. The molecule has 0 heterocycles. The highest BCUT2D eigenvalue weighted by molar-refractivity contribution is 5.80. The van der Waals surface area contributed by atoms with Crippen LogP contribution in [0.2, 0.25) is 0 Å². The van der Waals surface area contributed by atoms with Gasteiger partial charge in [-0.25, -0.2) is 0 Å². The molecule has 1 aliphatic carbocycles. The monoisotopic (exact) mass is 271 g/mol. The van der Waals surface area contributed by atoms with Crippen molar-refractivity contribution in [3.05, 3.63) is 0 Å². The molecule has 0 bridgehead atoms. The van der Waals surface area contributed by atoms with E-state index < -0.39 is 6.10 Å². The van der Waals surface area contributed by atoms with Gasteiger partial charge in [0, 0.05) is 6.54 Å². The van der Waals surface area contributed by atoms with Gasteiger partial charge in [-0.1, -0.05) is 40.0 Å². The number of hydrogen-bond acceptors (Lipinski definition) is 3. The highest BCUT2D eigenvalue weighted by Crippen LogP contribution is 2.22. The zero-order valence-electron chi connectivity index (χ0n) is 12.5. The first-order valence-electron chi connectivity index (χ1n) is 7.65. The number of carbonyl (C=O) groups excluding carboxylic acids is 1. The maximum atomic E-state index is 12.0. The van der Waals surface area contributed by atoms with Gasteiger partial charge in [0.05, 0.1) is 12.2 Å². The van der Waals surface area contributed by atoms with Gasteiger partial charge in [-0.05, 0) is 25.2 Å². The van der Waals surface area contributed by atoms with Crippen molar-refractivity contribution >= 4 is 5.91 Å². The van der Waals surface area contributed by atoms with Crippen molar-refractivity contribution in [2.45, 2.75) is 77.6 Å². The van der Waals surface area contributed by atoms with E-state index in [1.54, 1.807) is 0 Å². The topological polar surface area (TPSA) is 58.6 Å². The number of carbonyl (C=O) groups is 1. The van der Waals surface area contributed by atoms with Crippen LogP contribution in [-0.4, -0.2) is 35.9 Å². The van der Waals surface area contributed by atoms with Gasteiger partial charge in [0.15, 0.2) is 0 Å². The number of nitrogens with one attached hydrogen (secondary N) is 1. The van der Waals surface area contributed by atoms with Crippen LogP contribution in [0.25, 0.3) is 0 Å². The van der Waals surface area contributed by atoms with Gasteiger partial charge in [-0.15, -0.1) is 0 Å². The summed E-state index contributed by atoms with van der Waals surface area (Å²) in [4.78, 5) is 12.0. The molecule has 1 rings (SSSR count). The van der Waals surface area contributed by atoms with E-state index >= 15 is 0 Å². The van der Waals surface area contributed by atoms with Gasteiger partial charge in [0.2, 0.25) is 5.91 Å². The Balaban J connectivity index is 2.34. The standard InChI is InChI=1S/C15H29NO3/c1-4-14(19-12-8-6-5-7-9-12)15(18)16-10-13(17)11(2)3/h11-14,17H,4-10H2,1-3H3,(H,16,18). The Morgan fingerprint density at radius 3 is 2.47 bits per heavy atom. The minimum Gasteiger partial charge on any atom is -0.391 e. The van der Waals surface area contributed by atoms with Crippen LogP contribution < -0.4 is 5.32 Å². The molecule has 1 saturated carbocycles. The Morgan fingerprint density at radius 2 is 1.95 bits per heavy atom. The van der Waals surface area contributed by atoms with E-state index in [0.717, 1.165) is 12.8 Å². The Labute approximate surface area is 116 Å². The lowest BCUT2D eigenvalue weighted by atomic mass is 9.97. The fourth-order valence-corrected chi connectivity index (χ4v) is 2.33. The number of hydrogen-bond donors (Lipinski definition) is 2. The van der Waals surface area contributed by atoms with Crippen LogP contribution in [0.3, 0.4) is 0 Å². The molecule has 0 saturated heterocycles. The average Bonchev–Trinajstić information content (AvgIpc) is 2.42. The van der Waals surface area contributed by atoms with Crippen molar-refractivity contribution in [1.82, 2.24) is 5.32 Å². The van der Waals surface area contributed by atoms with Gasteiger partial charge in [0.1, 0.15) is 6.10 Å². The maximum Gasteiger partial charge on any atom is 0.249 e. The molecule has 0 aromatic heterocycles. The van der Waals surface area contributed by atoms with E-state index in [1.165, 1.54) is 19.3 Å². The van der Waals surface area contributed by atoms with E-state index in [2.05, 4.69) is 5.32 Å². The lowest BCUT2D eigenvalue weighted by Crippen LogP contribution is -2.42. The van der Waals surface area contributed by atoms with Crippen LogP contribution in [0.1, 0.15) is 59.3 Å². The van der Waals surface area contributed by atoms with Gasteiger partial charge in [-0.3, -0.25) is 4.79 Å². The predicted octanol–water partition coefficient (Wildman–Crippen LogP) is 2.25. The summed E-state index contributed by atoms with van der Waals surface area (Å²) < 4.78 is 5.90. The summed E-state index contributed by atoms with van der Waals surface area (Å²) in [7, 11) is 0. The lowest BCUT2D eigenvalue weighted by molar-refractivity contribution is -0.138. The third-order valence-corrected chi connectivity index (χ3v) is 3.83. The van der Waals surface area contributed by atoms with E-state index in [9.17, 15) is 9.90 Å². The molecule has 2 N–H and O–H groups in total. The molecular formula is C15H29NO3. The molecule has 2 unspecified atom stereocenters. The van der Waals surface area contributed by atoms with Crippen molar-refractivity contribution in [2.75, 3.05) is 6.54 Å². The Hall–Kier alpha value is -0.610. The molecule has 0 aliphatic heterocycles. The molecule has 0 aromatic carbocycles. The zero-order chi connectivity index (χ0) is 14.3. The van der Waals surface area contributed by atoms with E-state index in [4.69, 9.17) is 4.74 Å². The second-order valence-corrected chi connectivity index (χ2v) is 5.85. The normalized spacial score (nSPS) is 20.3. The average molecular weight is 271 g/mol. The summed E-state index contributed by atoms with van der Waals surface area (Å²) in [6.45, 7) is 6.15. The highest BCUT2D eigenvalue weighted by Gasteiger charge is 2.23. The number of amides is 1. The SMILES string of the molecule is CCC(OC1CCCCC1)C(=O)NCC(O)C(C)C. The molecule has 19 heavy (non-hydrogen) atoms. The third-order valence-electron chi connectivity index (χ3n) is 3.83. The lowest BCUT2D eigenvalue weighted by Gasteiger charge is -2.27. The molecule has 0 radical (unpaired) electrons. The van der Waals surface area contributed by atoms with Gasteiger partial charge in [-0.2, -0.15) is 0 Å². The minimum atomic E-state index is -0.490. The van der Waals surface area contributed by atoms with Crippen LogP contribution in [0.5, 0.6) is 0 Å². The Kier molecular flexibility index (Phi) is 7.39. The summed E-state index contributed by atoms with van der Waals surface area (Å²) in [6, 6.07) is 0. The fourth-order valence-electron chi connectivity index (χ4n) is 2.33. The number of ether oxygens (including phenoxy) is 1. The van der Waals surface area contributed by atoms with Gasteiger partial charge in [0.25, 0.3) is 0 Å². The molecule has 112 valence electrons. The number of rotatable bonds is 7. The van der Waals surface area contributed by atoms with Crippen LogP contribution in [0.15, 0.2) is 0 Å². The first kappa shape index (κ1) is 16.4. The summed E-state index contributed by atoms with van der Waals surface area (Å²) in [5.41, 5.74) is 0. The van der Waals surface area contributed by atoms with E-state index in [0.29, 0.717) is 13.0 Å². The first-order valence-corrected chi connectivity index (χ1v) is 7.65. The summed E-state index contributed by atoms with van der Waals surface area (Å²) in [6.07, 6.45) is 5.88. The van der Waals surface area contributed by atoms with Crippen LogP contribution in [0, 0.1) is 5.92 Å². The molecule has 0 aromatic rings. The van der Waals surface area contributed by atoms with Crippen molar-refractivity contribution in [3.8, 4) is 0 Å². The van der Waals surface area contributed by atoms with Crippen LogP contribution in [-0.2, 0) is 9.53 Å². The number of aliphatic hydroxyl groups is 1. The molecule has 4 nitrogen and oxygen atoms in total. The van der Waals surface area contributed by atoms with Gasteiger partial charge >= 0.3 is 0 Å².